The third-order valence-electron chi connectivity index (χ3n) is 4.50. The van der Waals surface area contributed by atoms with Gasteiger partial charge < -0.3 is 15.2 Å². The Morgan fingerprint density at radius 2 is 1.68 bits per heavy atom. The van der Waals surface area contributed by atoms with Crippen LogP contribution in [0.25, 0.3) is 0 Å². The Morgan fingerprint density at radius 1 is 1.14 bits per heavy atom. The molecule has 0 aliphatic carbocycles. The van der Waals surface area contributed by atoms with Crippen LogP contribution in [0.5, 0.6) is 0 Å². The van der Waals surface area contributed by atoms with Gasteiger partial charge in [-0.2, -0.15) is 0 Å². The van der Waals surface area contributed by atoms with Gasteiger partial charge in [0.25, 0.3) is 0 Å². The minimum atomic E-state index is -1.21. The van der Waals surface area contributed by atoms with E-state index in [2.05, 4.69) is 39.2 Å². The molecule has 0 aromatic rings. The fourth-order valence-electron chi connectivity index (χ4n) is 1.94. The van der Waals surface area contributed by atoms with Gasteiger partial charge in [0.2, 0.25) is 0 Å². The predicted molar refractivity (Wildman–Crippen MR) is 96.1 cm³/mol. The smallest absolute Gasteiger partial charge is 0.407 e. The highest BCUT2D eigenvalue weighted by Gasteiger charge is 2.33. The number of unbranched alkanes of at least 4 members (excludes halogenated alkanes) is 1. The molecule has 0 aromatic heterocycles. The number of aliphatic hydroxyl groups is 1. The van der Waals surface area contributed by atoms with Crippen LogP contribution in [0.3, 0.4) is 0 Å². The first-order valence-electron chi connectivity index (χ1n) is 8.39. The third-order valence-corrected chi connectivity index (χ3v) is 10.2. The van der Waals surface area contributed by atoms with Gasteiger partial charge in [0.1, 0.15) is 5.60 Å². The number of carbonyl (C=O) groups excluding carboxylic acids is 1. The number of carbonyl (C=O) groups is 1. The summed E-state index contributed by atoms with van der Waals surface area (Å²) in [7, 11) is -1.21. The van der Waals surface area contributed by atoms with Crippen molar-refractivity contribution in [2.24, 2.45) is 0 Å². The van der Waals surface area contributed by atoms with Gasteiger partial charge in [0.05, 0.1) is 14.2 Å². The predicted octanol–water partition coefficient (Wildman–Crippen LogP) is 4.55. The molecule has 0 saturated carbocycles. The monoisotopic (exact) mass is 331 g/mol. The summed E-state index contributed by atoms with van der Waals surface area (Å²) < 4.78 is 5.14. The molecule has 1 amide bonds. The molecular formula is C17H37NO3Si. The van der Waals surface area contributed by atoms with Crippen LogP contribution in [-0.4, -0.2) is 37.5 Å². The summed E-state index contributed by atoms with van der Waals surface area (Å²) in [4.78, 5) is 11.5. The Bertz CT molecular complexity index is 343. The van der Waals surface area contributed by atoms with Gasteiger partial charge in [-0.3, -0.25) is 0 Å². The van der Waals surface area contributed by atoms with Gasteiger partial charge in [0.15, 0.2) is 0 Å². The molecule has 5 heteroatoms. The van der Waals surface area contributed by atoms with E-state index in [-0.39, 0.29) is 6.54 Å². The number of hydrogen-bond donors (Lipinski definition) is 2. The van der Waals surface area contributed by atoms with Gasteiger partial charge in [-0.1, -0.05) is 52.8 Å². The van der Waals surface area contributed by atoms with E-state index < -0.39 is 25.9 Å². The largest absolute Gasteiger partial charge is 0.444 e. The van der Waals surface area contributed by atoms with E-state index in [0.29, 0.717) is 5.04 Å². The lowest BCUT2D eigenvalue weighted by Gasteiger charge is -2.37. The maximum Gasteiger partial charge on any atom is 0.407 e. The normalized spacial score (nSPS) is 14.6. The molecule has 0 spiro atoms. The number of hydrogen-bond acceptors (Lipinski definition) is 3. The number of alkyl carbamates (subject to hydrolysis) is 1. The minimum Gasteiger partial charge on any atom is -0.444 e. The summed E-state index contributed by atoms with van der Waals surface area (Å²) >= 11 is 0. The minimum absolute atomic E-state index is 0.259. The van der Waals surface area contributed by atoms with Crippen molar-refractivity contribution in [3.05, 3.63) is 0 Å². The number of ether oxygens (including phenoxy) is 1. The summed E-state index contributed by atoms with van der Waals surface area (Å²) in [6.45, 7) is 17.6. The Labute approximate surface area is 138 Å². The first-order valence-corrected chi connectivity index (χ1v) is 11.6. The van der Waals surface area contributed by atoms with Crippen molar-refractivity contribution in [1.82, 2.24) is 5.32 Å². The van der Waals surface area contributed by atoms with Gasteiger partial charge >= 0.3 is 6.09 Å². The summed E-state index contributed by atoms with van der Waals surface area (Å²) in [6.07, 6.45) is 1.92. The highest BCUT2D eigenvalue weighted by atomic mass is 28.3. The lowest BCUT2D eigenvalue weighted by atomic mass is 10.1. The van der Waals surface area contributed by atoms with Gasteiger partial charge in [-0.25, -0.2) is 4.79 Å². The molecule has 4 nitrogen and oxygen atoms in total. The fourth-order valence-corrected chi connectivity index (χ4v) is 3.82. The number of rotatable bonds is 7. The zero-order chi connectivity index (χ0) is 17.6. The van der Waals surface area contributed by atoms with Crippen molar-refractivity contribution < 1.29 is 14.6 Å². The van der Waals surface area contributed by atoms with Crippen molar-refractivity contribution in [2.45, 2.75) is 96.7 Å². The second kappa shape index (κ2) is 8.34. The molecule has 0 rings (SSSR count). The van der Waals surface area contributed by atoms with Crippen LogP contribution in [0.2, 0.25) is 24.2 Å². The Morgan fingerprint density at radius 3 is 2.14 bits per heavy atom. The first kappa shape index (κ1) is 21.4. The molecule has 0 bridgehead atoms. The molecule has 0 aliphatic heterocycles. The van der Waals surface area contributed by atoms with Gasteiger partial charge in [0, 0.05) is 6.54 Å². The Hall–Kier alpha value is -0.553. The van der Waals surface area contributed by atoms with Crippen molar-refractivity contribution in [1.29, 1.82) is 0 Å². The lowest BCUT2D eigenvalue weighted by Crippen LogP contribution is -2.37. The number of aliphatic hydroxyl groups excluding tert-OH is 1. The van der Waals surface area contributed by atoms with Crippen molar-refractivity contribution >= 4 is 14.2 Å². The van der Waals surface area contributed by atoms with E-state index in [1.807, 2.05) is 20.8 Å². The Kier molecular flexibility index (Phi) is 8.13. The van der Waals surface area contributed by atoms with Crippen LogP contribution in [0.4, 0.5) is 4.79 Å². The second-order valence-corrected chi connectivity index (χ2v) is 14.7. The molecule has 132 valence electrons. The third kappa shape index (κ3) is 9.46. The van der Waals surface area contributed by atoms with E-state index in [9.17, 15) is 9.90 Å². The van der Waals surface area contributed by atoms with E-state index in [1.54, 1.807) is 0 Å². The molecule has 1 unspecified atom stereocenters. The molecular weight excluding hydrogens is 294 g/mol. The van der Waals surface area contributed by atoms with Crippen LogP contribution in [0, 0.1) is 0 Å². The molecule has 0 aliphatic rings. The van der Waals surface area contributed by atoms with E-state index >= 15 is 0 Å². The van der Waals surface area contributed by atoms with E-state index in [1.165, 1.54) is 6.04 Å². The highest BCUT2D eigenvalue weighted by Crippen LogP contribution is 2.39. The zero-order valence-corrected chi connectivity index (χ0v) is 16.9. The SMILES string of the molecule is CC(C)(C)OC(=O)NCC(O)CCCC[Si](C)(C)C(C)(C)C. The summed E-state index contributed by atoms with van der Waals surface area (Å²) in [6, 6.07) is 1.28. The number of nitrogens with one attached hydrogen (secondary N) is 1. The molecule has 0 radical (unpaired) electrons. The van der Waals surface area contributed by atoms with Crippen molar-refractivity contribution in [2.75, 3.05) is 6.54 Å². The van der Waals surface area contributed by atoms with Gasteiger partial charge in [-0.05, 0) is 32.2 Å². The van der Waals surface area contributed by atoms with Crippen LogP contribution < -0.4 is 5.32 Å². The summed E-state index contributed by atoms with van der Waals surface area (Å²) in [5.41, 5.74) is -0.502. The van der Waals surface area contributed by atoms with Crippen LogP contribution >= 0.6 is 0 Å². The van der Waals surface area contributed by atoms with Gasteiger partial charge in [-0.15, -0.1) is 0 Å². The lowest BCUT2D eigenvalue weighted by molar-refractivity contribution is 0.0487. The van der Waals surface area contributed by atoms with Crippen molar-refractivity contribution in [3.8, 4) is 0 Å². The summed E-state index contributed by atoms with van der Waals surface area (Å²) in [5, 5.41) is 13.0. The first-order chi connectivity index (χ1) is 9.74. The standard InChI is InChI=1S/C17H37NO3Si/c1-16(2,3)21-15(20)18-13-14(19)11-9-10-12-22(7,8)17(4,5)6/h14,19H,9-13H2,1-8H3,(H,18,20). The van der Waals surface area contributed by atoms with Crippen LogP contribution in [0.15, 0.2) is 0 Å². The average molecular weight is 332 g/mol. The highest BCUT2D eigenvalue weighted by molar-refractivity contribution is 6.80. The molecule has 2 N–H and O–H groups in total. The van der Waals surface area contributed by atoms with Crippen LogP contribution in [0.1, 0.15) is 60.8 Å². The topological polar surface area (TPSA) is 58.6 Å². The molecule has 0 saturated heterocycles. The Balaban J connectivity index is 3.88. The maximum absolute atomic E-state index is 11.5. The van der Waals surface area contributed by atoms with Crippen molar-refractivity contribution in [3.63, 3.8) is 0 Å². The number of amides is 1. The quantitative estimate of drug-likeness (QED) is 0.531. The molecule has 1 atom stereocenters. The second-order valence-electron chi connectivity index (χ2n) is 8.92. The average Bonchev–Trinajstić information content (AvgIpc) is 2.28. The zero-order valence-electron chi connectivity index (χ0n) is 15.9. The molecule has 0 fully saturated rings. The molecule has 0 aromatic carbocycles. The van der Waals surface area contributed by atoms with E-state index in [0.717, 1.165) is 19.3 Å². The molecule has 22 heavy (non-hydrogen) atoms. The molecule has 0 heterocycles. The maximum atomic E-state index is 11.5. The van der Waals surface area contributed by atoms with E-state index in [4.69, 9.17) is 4.74 Å². The fraction of sp³-hybridized carbons (Fsp3) is 0.941. The van der Waals surface area contributed by atoms with Crippen LogP contribution in [-0.2, 0) is 4.74 Å². The summed E-state index contributed by atoms with van der Waals surface area (Å²) in [5.74, 6) is 0.